The van der Waals surface area contributed by atoms with E-state index in [-0.39, 0.29) is 16.7 Å². The van der Waals surface area contributed by atoms with Gasteiger partial charge in [-0.3, -0.25) is 0 Å². The molecule has 0 bridgehead atoms. The molecule has 2 nitrogen and oxygen atoms in total. The van der Waals surface area contributed by atoms with Crippen molar-refractivity contribution in [3.63, 3.8) is 0 Å². The van der Waals surface area contributed by atoms with E-state index in [0.717, 1.165) is 29.2 Å². The van der Waals surface area contributed by atoms with Crippen LogP contribution in [0.5, 0.6) is 0 Å². The predicted molar refractivity (Wildman–Crippen MR) is 81.5 cm³/mol. The second-order valence-corrected chi connectivity index (χ2v) is 6.39. The van der Waals surface area contributed by atoms with E-state index in [1.807, 2.05) is 5.38 Å². The summed E-state index contributed by atoms with van der Waals surface area (Å²) >= 11 is 1.40. The van der Waals surface area contributed by atoms with Gasteiger partial charge in [-0.05, 0) is 36.9 Å². The topological polar surface area (TPSA) is 24.9 Å². The summed E-state index contributed by atoms with van der Waals surface area (Å²) < 4.78 is 36.8. The molecule has 2 rings (SSSR count). The van der Waals surface area contributed by atoms with Crippen LogP contribution in [0.2, 0.25) is 0 Å². The van der Waals surface area contributed by atoms with Crippen LogP contribution in [0, 0.1) is 0 Å². The number of halogens is 3. The Morgan fingerprint density at radius 1 is 1.24 bits per heavy atom. The van der Waals surface area contributed by atoms with E-state index in [4.69, 9.17) is 0 Å². The third-order valence-corrected chi connectivity index (χ3v) is 4.30. The summed E-state index contributed by atoms with van der Waals surface area (Å²) in [7, 11) is 0. The smallest absolute Gasteiger partial charge is 0.311 e. The van der Waals surface area contributed by atoms with Crippen molar-refractivity contribution in [1.82, 2.24) is 10.3 Å². The van der Waals surface area contributed by atoms with E-state index in [0.29, 0.717) is 6.54 Å². The Morgan fingerprint density at radius 2 is 1.95 bits per heavy atom. The minimum atomic E-state index is -4.25. The maximum absolute atomic E-state index is 12.3. The van der Waals surface area contributed by atoms with Gasteiger partial charge in [-0.15, -0.1) is 11.3 Å². The zero-order chi connectivity index (χ0) is 15.3. The minimum Gasteiger partial charge on any atom is -0.311 e. The molecule has 0 radical (unpaired) electrons. The third kappa shape index (κ3) is 5.33. The molecule has 1 aromatic carbocycles. The first kappa shape index (κ1) is 16.3. The van der Waals surface area contributed by atoms with Gasteiger partial charge in [0, 0.05) is 22.4 Å². The summed E-state index contributed by atoms with van der Waals surface area (Å²) in [6, 6.07) is 6.31. The Hall–Kier alpha value is -1.05. The second-order valence-electron chi connectivity index (χ2n) is 4.39. The molecule has 0 aliphatic carbocycles. The Morgan fingerprint density at radius 3 is 2.57 bits per heavy atom. The van der Waals surface area contributed by atoms with Crippen LogP contribution in [0.4, 0.5) is 13.2 Å². The predicted octanol–water partition coefficient (Wildman–Crippen LogP) is 4.92. The van der Waals surface area contributed by atoms with Crippen LogP contribution in [0.15, 0.2) is 34.5 Å². The number of hydrogen-bond acceptors (Lipinski definition) is 4. The summed E-state index contributed by atoms with van der Waals surface area (Å²) in [6.07, 6.45) is 1.06. The maximum atomic E-state index is 12.3. The number of rotatable bonds is 6. The average Bonchev–Trinajstić information content (AvgIpc) is 2.87. The van der Waals surface area contributed by atoms with Crippen molar-refractivity contribution in [3.8, 4) is 10.6 Å². The molecule has 0 spiro atoms. The van der Waals surface area contributed by atoms with Gasteiger partial charge in [-0.2, -0.15) is 13.2 Å². The summed E-state index contributed by atoms with van der Waals surface area (Å²) in [5, 5.41) is 6.06. The van der Waals surface area contributed by atoms with E-state index >= 15 is 0 Å². The largest absolute Gasteiger partial charge is 0.446 e. The standard InChI is InChI=1S/C14H15F3N2S2/c1-2-7-18-8-11-9-20-13(19-11)10-3-5-12(6-4-10)21-14(15,16)17/h3-6,9,18H,2,7-8H2,1H3. The number of benzene rings is 1. The van der Waals surface area contributed by atoms with Gasteiger partial charge in [0.15, 0.2) is 0 Å². The van der Waals surface area contributed by atoms with Crippen molar-refractivity contribution < 1.29 is 13.2 Å². The van der Waals surface area contributed by atoms with Gasteiger partial charge >= 0.3 is 5.51 Å². The molecule has 1 heterocycles. The monoisotopic (exact) mass is 332 g/mol. The van der Waals surface area contributed by atoms with Gasteiger partial charge in [0.05, 0.1) is 5.69 Å². The highest BCUT2D eigenvalue weighted by molar-refractivity contribution is 8.00. The third-order valence-electron chi connectivity index (χ3n) is 2.62. The number of alkyl halides is 3. The lowest BCUT2D eigenvalue weighted by Crippen LogP contribution is -2.13. The molecule has 0 fully saturated rings. The normalized spacial score (nSPS) is 11.8. The van der Waals surface area contributed by atoms with Crippen LogP contribution in [0.1, 0.15) is 19.0 Å². The lowest BCUT2D eigenvalue weighted by atomic mass is 10.2. The van der Waals surface area contributed by atoms with Crippen LogP contribution >= 0.6 is 23.1 Å². The van der Waals surface area contributed by atoms with E-state index < -0.39 is 5.51 Å². The van der Waals surface area contributed by atoms with Gasteiger partial charge in [-0.1, -0.05) is 19.1 Å². The lowest BCUT2D eigenvalue weighted by Gasteiger charge is -2.05. The highest BCUT2D eigenvalue weighted by atomic mass is 32.2. The molecule has 0 amide bonds. The summed E-state index contributed by atoms with van der Waals surface area (Å²) in [6.45, 7) is 3.75. The number of thioether (sulfide) groups is 1. The van der Waals surface area contributed by atoms with E-state index in [1.165, 1.54) is 23.5 Å². The lowest BCUT2D eigenvalue weighted by molar-refractivity contribution is -0.0328. The molecule has 0 aliphatic rings. The van der Waals surface area contributed by atoms with Gasteiger partial charge in [0.25, 0.3) is 0 Å². The average molecular weight is 332 g/mol. The first-order valence-electron chi connectivity index (χ1n) is 6.49. The fourth-order valence-corrected chi connectivity index (χ4v) is 3.08. The van der Waals surface area contributed by atoms with E-state index in [9.17, 15) is 13.2 Å². The molecule has 7 heteroatoms. The number of aromatic nitrogens is 1. The molecule has 0 saturated carbocycles. The van der Waals surface area contributed by atoms with E-state index in [2.05, 4.69) is 17.2 Å². The molecule has 21 heavy (non-hydrogen) atoms. The minimum absolute atomic E-state index is 0.104. The first-order valence-corrected chi connectivity index (χ1v) is 8.19. The van der Waals surface area contributed by atoms with Crippen molar-refractivity contribution in [2.24, 2.45) is 0 Å². The number of nitrogens with one attached hydrogen (secondary N) is 1. The van der Waals surface area contributed by atoms with E-state index in [1.54, 1.807) is 12.1 Å². The molecule has 1 aromatic heterocycles. The number of hydrogen-bond donors (Lipinski definition) is 1. The van der Waals surface area contributed by atoms with Gasteiger partial charge < -0.3 is 5.32 Å². The van der Waals surface area contributed by atoms with Crippen LogP contribution in [0.3, 0.4) is 0 Å². The highest BCUT2D eigenvalue weighted by Crippen LogP contribution is 2.37. The molecule has 114 valence electrons. The molecule has 0 aliphatic heterocycles. The van der Waals surface area contributed by atoms with Gasteiger partial charge in [0.1, 0.15) is 5.01 Å². The summed E-state index contributed by atoms with van der Waals surface area (Å²) in [5.41, 5.74) is -2.45. The fourth-order valence-electron chi connectivity index (χ4n) is 1.71. The Balaban J connectivity index is 2.02. The quantitative estimate of drug-likeness (QED) is 0.600. The first-order chi connectivity index (χ1) is 9.98. The van der Waals surface area contributed by atoms with Crippen molar-refractivity contribution in [2.75, 3.05) is 6.54 Å². The second kappa shape index (κ2) is 7.29. The van der Waals surface area contributed by atoms with Crippen LogP contribution in [-0.2, 0) is 6.54 Å². The zero-order valence-electron chi connectivity index (χ0n) is 11.4. The maximum Gasteiger partial charge on any atom is 0.446 e. The zero-order valence-corrected chi connectivity index (χ0v) is 13.0. The Kier molecular flexibility index (Phi) is 5.66. The van der Waals surface area contributed by atoms with Crippen LogP contribution in [-0.4, -0.2) is 17.0 Å². The highest BCUT2D eigenvalue weighted by Gasteiger charge is 2.29. The van der Waals surface area contributed by atoms with Crippen LogP contribution in [0.25, 0.3) is 10.6 Å². The number of thiazole rings is 1. The molecule has 0 atom stereocenters. The molecular weight excluding hydrogens is 317 g/mol. The van der Waals surface area contributed by atoms with Gasteiger partial charge in [-0.25, -0.2) is 4.98 Å². The Bertz CT molecular complexity index is 564. The summed E-state index contributed by atoms with van der Waals surface area (Å²) in [5.74, 6) is 0. The molecule has 2 aromatic rings. The van der Waals surface area contributed by atoms with Gasteiger partial charge in [0.2, 0.25) is 0 Å². The number of nitrogens with zero attached hydrogens (tertiary/aromatic N) is 1. The summed E-state index contributed by atoms with van der Waals surface area (Å²) in [4.78, 5) is 4.67. The molecule has 0 unspecified atom stereocenters. The van der Waals surface area contributed by atoms with Crippen molar-refractivity contribution in [3.05, 3.63) is 35.3 Å². The molecular formula is C14H15F3N2S2. The molecule has 1 N–H and O–H groups in total. The van der Waals surface area contributed by atoms with Crippen molar-refractivity contribution >= 4 is 23.1 Å². The molecule has 0 saturated heterocycles. The Labute approximate surface area is 129 Å². The SMILES string of the molecule is CCCNCc1csc(-c2ccc(SC(F)(F)F)cc2)n1. The fraction of sp³-hybridized carbons (Fsp3) is 0.357. The van der Waals surface area contributed by atoms with Crippen molar-refractivity contribution in [1.29, 1.82) is 0 Å². The van der Waals surface area contributed by atoms with Crippen molar-refractivity contribution in [2.45, 2.75) is 30.3 Å². The van der Waals surface area contributed by atoms with Crippen LogP contribution < -0.4 is 5.32 Å².